The second-order valence-corrected chi connectivity index (χ2v) is 5.95. The van der Waals surface area contributed by atoms with Crippen molar-refractivity contribution in [3.05, 3.63) is 0 Å². The Morgan fingerprint density at radius 2 is 1.89 bits per heavy atom. The van der Waals surface area contributed by atoms with Crippen LogP contribution in [0.4, 0.5) is 0 Å². The summed E-state index contributed by atoms with van der Waals surface area (Å²) >= 11 is 0. The molecule has 0 aliphatic heterocycles. The molecule has 0 bridgehead atoms. The third-order valence-electron chi connectivity index (χ3n) is 4.50. The minimum Gasteiger partial charge on any atom is -0.388 e. The van der Waals surface area contributed by atoms with E-state index in [1.165, 1.54) is 0 Å². The van der Waals surface area contributed by atoms with Crippen LogP contribution < -0.4 is 11.1 Å². The van der Waals surface area contributed by atoms with Crippen molar-refractivity contribution in [3.63, 3.8) is 0 Å². The van der Waals surface area contributed by atoms with E-state index in [0.29, 0.717) is 25.3 Å². The quantitative estimate of drug-likeness (QED) is 0.699. The number of hydrogen-bond acceptors (Lipinski definition) is 3. The van der Waals surface area contributed by atoms with Gasteiger partial charge in [-0.1, -0.05) is 20.8 Å². The van der Waals surface area contributed by atoms with E-state index in [1.807, 2.05) is 13.8 Å². The normalized spacial score (nSPS) is 29.1. The topological polar surface area (TPSA) is 75.4 Å². The molecule has 0 radical (unpaired) electrons. The number of nitrogens with two attached hydrogens (primary N) is 1. The highest BCUT2D eigenvalue weighted by atomic mass is 16.3. The molecule has 4 nitrogen and oxygen atoms in total. The van der Waals surface area contributed by atoms with Gasteiger partial charge in [-0.15, -0.1) is 0 Å². The van der Waals surface area contributed by atoms with E-state index in [0.717, 1.165) is 25.7 Å². The van der Waals surface area contributed by atoms with Crippen LogP contribution in [0.25, 0.3) is 0 Å². The average molecular weight is 256 g/mol. The van der Waals surface area contributed by atoms with Gasteiger partial charge in [0.05, 0.1) is 11.1 Å². The Labute approximate surface area is 110 Å². The zero-order valence-corrected chi connectivity index (χ0v) is 12.0. The monoisotopic (exact) mass is 256 g/mol. The molecule has 1 saturated carbocycles. The molecule has 106 valence electrons. The van der Waals surface area contributed by atoms with E-state index < -0.39 is 11.1 Å². The van der Waals surface area contributed by atoms with E-state index in [1.54, 1.807) is 0 Å². The maximum atomic E-state index is 12.0. The van der Waals surface area contributed by atoms with Crippen molar-refractivity contribution >= 4 is 5.91 Å². The fourth-order valence-electron chi connectivity index (χ4n) is 2.47. The van der Waals surface area contributed by atoms with Gasteiger partial charge in [-0.3, -0.25) is 4.79 Å². The minimum atomic E-state index is -0.793. The number of carbonyl (C=O) groups is 1. The van der Waals surface area contributed by atoms with Crippen molar-refractivity contribution in [2.45, 2.75) is 70.4 Å². The molecule has 4 heteroatoms. The first-order chi connectivity index (χ1) is 8.35. The van der Waals surface area contributed by atoms with Crippen LogP contribution in [0.1, 0.15) is 59.3 Å². The Bertz CT molecular complexity index is 280. The molecule has 18 heavy (non-hydrogen) atoms. The summed E-state index contributed by atoms with van der Waals surface area (Å²) in [6.45, 7) is 6.37. The zero-order chi connectivity index (χ0) is 13.8. The standard InChI is InChI=1S/C14H28N2O2/c1-4-14(15,5-2)12(17)16-10-13(18)8-6-11(3)7-9-13/h11,18H,4-10,15H2,1-3H3,(H,16,17). The van der Waals surface area contributed by atoms with Gasteiger partial charge in [-0.25, -0.2) is 0 Å². The highest BCUT2D eigenvalue weighted by molar-refractivity contribution is 5.85. The van der Waals surface area contributed by atoms with Crippen molar-refractivity contribution in [2.24, 2.45) is 11.7 Å². The van der Waals surface area contributed by atoms with E-state index in [4.69, 9.17) is 5.73 Å². The predicted octanol–water partition coefficient (Wildman–Crippen LogP) is 1.56. The van der Waals surface area contributed by atoms with Crippen molar-refractivity contribution < 1.29 is 9.90 Å². The summed E-state index contributed by atoms with van der Waals surface area (Å²) in [5.41, 5.74) is 4.50. The molecule has 0 aromatic heterocycles. The Kier molecular flexibility index (Phi) is 5.17. The molecule has 1 fully saturated rings. The Morgan fingerprint density at radius 3 is 2.33 bits per heavy atom. The lowest BCUT2D eigenvalue weighted by molar-refractivity contribution is -0.128. The van der Waals surface area contributed by atoms with E-state index >= 15 is 0 Å². The number of hydrogen-bond donors (Lipinski definition) is 3. The molecule has 0 aromatic rings. The summed E-state index contributed by atoms with van der Waals surface area (Å²) in [7, 11) is 0. The zero-order valence-electron chi connectivity index (χ0n) is 12.0. The van der Waals surface area contributed by atoms with Crippen LogP contribution in [0.5, 0.6) is 0 Å². The SMILES string of the molecule is CCC(N)(CC)C(=O)NCC1(O)CCC(C)CC1. The molecule has 0 unspecified atom stereocenters. The van der Waals surface area contributed by atoms with Gasteiger partial charge in [0.1, 0.15) is 0 Å². The molecule has 0 heterocycles. The largest absolute Gasteiger partial charge is 0.388 e. The van der Waals surface area contributed by atoms with E-state index in [-0.39, 0.29) is 5.91 Å². The summed E-state index contributed by atoms with van der Waals surface area (Å²) in [6.07, 6.45) is 4.83. The highest BCUT2D eigenvalue weighted by Crippen LogP contribution is 2.31. The molecule has 0 spiro atoms. The third-order valence-corrected chi connectivity index (χ3v) is 4.50. The van der Waals surface area contributed by atoms with Crippen LogP contribution >= 0.6 is 0 Å². The molecule has 0 aromatic carbocycles. The van der Waals surface area contributed by atoms with Crippen LogP contribution in [0, 0.1) is 5.92 Å². The number of carbonyl (C=O) groups excluding carboxylic acids is 1. The van der Waals surface area contributed by atoms with E-state index in [2.05, 4.69) is 12.2 Å². The summed E-state index contributed by atoms with van der Waals surface area (Å²) in [6, 6.07) is 0. The lowest BCUT2D eigenvalue weighted by Crippen LogP contribution is -2.56. The first-order valence-electron chi connectivity index (χ1n) is 7.15. The van der Waals surface area contributed by atoms with Crippen molar-refractivity contribution in [1.82, 2.24) is 5.32 Å². The Morgan fingerprint density at radius 1 is 1.39 bits per heavy atom. The molecule has 1 amide bonds. The van der Waals surface area contributed by atoms with Gasteiger partial charge in [0.2, 0.25) is 5.91 Å². The van der Waals surface area contributed by atoms with Crippen LogP contribution in [-0.4, -0.2) is 28.7 Å². The van der Waals surface area contributed by atoms with E-state index in [9.17, 15) is 9.90 Å². The van der Waals surface area contributed by atoms with Gasteiger partial charge in [0, 0.05) is 6.54 Å². The van der Waals surface area contributed by atoms with Crippen LogP contribution in [0.15, 0.2) is 0 Å². The van der Waals surface area contributed by atoms with Gasteiger partial charge in [-0.2, -0.15) is 0 Å². The summed E-state index contributed by atoms with van der Waals surface area (Å²) in [5, 5.41) is 13.2. The first-order valence-corrected chi connectivity index (χ1v) is 7.15. The third kappa shape index (κ3) is 3.69. The molecular weight excluding hydrogens is 228 g/mol. The lowest BCUT2D eigenvalue weighted by atomic mass is 9.79. The van der Waals surface area contributed by atoms with Crippen molar-refractivity contribution in [1.29, 1.82) is 0 Å². The Balaban J connectivity index is 2.47. The van der Waals surface area contributed by atoms with Crippen molar-refractivity contribution in [3.8, 4) is 0 Å². The summed E-state index contributed by atoms with van der Waals surface area (Å²) in [5.74, 6) is 0.542. The number of rotatable bonds is 5. The van der Waals surface area contributed by atoms with Crippen LogP contribution in [0.3, 0.4) is 0 Å². The first kappa shape index (κ1) is 15.4. The second-order valence-electron chi connectivity index (χ2n) is 5.95. The fraction of sp³-hybridized carbons (Fsp3) is 0.929. The lowest BCUT2D eigenvalue weighted by Gasteiger charge is -2.36. The Hall–Kier alpha value is -0.610. The number of amides is 1. The molecule has 0 saturated heterocycles. The highest BCUT2D eigenvalue weighted by Gasteiger charge is 2.35. The minimum absolute atomic E-state index is 0.139. The molecule has 1 aliphatic rings. The van der Waals surface area contributed by atoms with Gasteiger partial charge in [0.25, 0.3) is 0 Å². The fourth-order valence-corrected chi connectivity index (χ4v) is 2.47. The van der Waals surface area contributed by atoms with Gasteiger partial charge >= 0.3 is 0 Å². The molecule has 1 rings (SSSR count). The smallest absolute Gasteiger partial charge is 0.240 e. The molecule has 4 N–H and O–H groups in total. The van der Waals surface area contributed by atoms with Gasteiger partial charge < -0.3 is 16.2 Å². The maximum absolute atomic E-state index is 12.0. The molecule has 0 atom stereocenters. The van der Waals surface area contributed by atoms with Gasteiger partial charge in [-0.05, 0) is 44.4 Å². The van der Waals surface area contributed by atoms with Gasteiger partial charge in [0.15, 0.2) is 0 Å². The second kappa shape index (κ2) is 6.02. The van der Waals surface area contributed by atoms with Crippen LogP contribution in [0.2, 0.25) is 0 Å². The van der Waals surface area contributed by atoms with Crippen LogP contribution in [-0.2, 0) is 4.79 Å². The summed E-state index contributed by atoms with van der Waals surface area (Å²) in [4.78, 5) is 12.0. The summed E-state index contributed by atoms with van der Waals surface area (Å²) < 4.78 is 0. The molecule has 1 aliphatic carbocycles. The van der Waals surface area contributed by atoms with Crippen molar-refractivity contribution in [2.75, 3.05) is 6.54 Å². The average Bonchev–Trinajstić information content (AvgIpc) is 2.39. The predicted molar refractivity (Wildman–Crippen MR) is 73.1 cm³/mol. The number of aliphatic hydroxyl groups is 1. The number of nitrogens with one attached hydrogen (secondary N) is 1. The molecular formula is C14H28N2O2. The maximum Gasteiger partial charge on any atom is 0.240 e.